The van der Waals surface area contributed by atoms with Crippen LogP contribution in [0.2, 0.25) is 0 Å². The van der Waals surface area contributed by atoms with Gasteiger partial charge in [0, 0.05) is 25.0 Å². The second-order valence-corrected chi connectivity index (χ2v) is 4.96. The summed E-state index contributed by atoms with van der Waals surface area (Å²) in [5.74, 6) is 0. The number of aromatic nitrogens is 2. The SMILES string of the molecule is CCCNC(C)CCCCn1cc(C)cnc1=O. The van der Waals surface area contributed by atoms with Crippen LogP contribution in [0.25, 0.3) is 0 Å². The van der Waals surface area contributed by atoms with Gasteiger partial charge in [-0.2, -0.15) is 0 Å². The van der Waals surface area contributed by atoms with E-state index in [1.54, 1.807) is 10.8 Å². The molecule has 0 amide bonds. The molecule has 4 nitrogen and oxygen atoms in total. The van der Waals surface area contributed by atoms with E-state index in [0.717, 1.165) is 37.9 Å². The molecule has 1 aromatic heterocycles. The zero-order valence-corrected chi connectivity index (χ0v) is 11.8. The van der Waals surface area contributed by atoms with Crippen molar-refractivity contribution in [2.75, 3.05) is 6.54 Å². The van der Waals surface area contributed by atoms with Crippen LogP contribution >= 0.6 is 0 Å². The number of nitrogens with zero attached hydrogens (tertiary/aromatic N) is 2. The molecule has 0 aliphatic carbocycles. The van der Waals surface area contributed by atoms with E-state index in [-0.39, 0.29) is 5.69 Å². The van der Waals surface area contributed by atoms with Gasteiger partial charge in [-0.3, -0.25) is 4.57 Å². The molecule has 18 heavy (non-hydrogen) atoms. The molecule has 4 heteroatoms. The molecular formula is C14H25N3O. The fraction of sp³-hybridized carbons (Fsp3) is 0.714. The quantitative estimate of drug-likeness (QED) is 0.720. The van der Waals surface area contributed by atoms with Gasteiger partial charge in [0.2, 0.25) is 0 Å². The first kappa shape index (κ1) is 14.9. The van der Waals surface area contributed by atoms with Crippen LogP contribution in [0.15, 0.2) is 17.2 Å². The molecule has 1 unspecified atom stereocenters. The lowest BCUT2D eigenvalue weighted by atomic mass is 10.1. The standard InChI is InChI=1S/C14H25N3O/c1-4-8-15-13(3)7-5-6-9-17-11-12(2)10-16-14(17)18/h10-11,13,15H,4-9H2,1-3H3. The topological polar surface area (TPSA) is 46.9 Å². The first-order chi connectivity index (χ1) is 8.63. The van der Waals surface area contributed by atoms with E-state index in [0.29, 0.717) is 6.04 Å². The second kappa shape index (κ2) is 8.03. The van der Waals surface area contributed by atoms with Crippen molar-refractivity contribution >= 4 is 0 Å². The molecule has 102 valence electrons. The molecule has 0 radical (unpaired) electrons. The summed E-state index contributed by atoms with van der Waals surface area (Å²) < 4.78 is 1.71. The van der Waals surface area contributed by atoms with Crippen LogP contribution in [0.5, 0.6) is 0 Å². The Bertz CT molecular complexity index is 400. The van der Waals surface area contributed by atoms with Gasteiger partial charge >= 0.3 is 5.69 Å². The summed E-state index contributed by atoms with van der Waals surface area (Å²) in [6.07, 6.45) is 8.01. The predicted octanol–water partition coefficient (Wildman–Crippen LogP) is 2.11. The van der Waals surface area contributed by atoms with E-state index in [1.165, 1.54) is 6.42 Å². The van der Waals surface area contributed by atoms with E-state index in [4.69, 9.17) is 0 Å². The summed E-state index contributed by atoms with van der Waals surface area (Å²) in [6.45, 7) is 8.21. The Kier molecular flexibility index (Phi) is 6.65. The van der Waals surface area contributed by atoms with Crippen LogP contribution in [0.1, 0.15) is 45.1 Å². The van der Waals surface area contributed by atoms with Crippen molar-refractivity contribution in [2.24, 2.45) is 0 Å². The van der Waals surface area contributed by atoms with Crippen molar-refractivity contribution in [3.05, 3.63) is 28.4 Å². The molecular weight excluding hydrogens is 226 g/mol. The Morgan fingerprint density at radius 1 is 1.44 bits per heavy atom. The van der Waals surface area contributed by atoms with E-state index >= 15 is 0 Å². The molecule has 0 aliphatic rings. The average Bonchev–Trinajstić information content (AvgIpc) is 2.36. The Morgan fingerprint density at radius 2 is 2.22 bits per heavy atom. The molecule has 0 fully saturated rings. The van der Waals surface area contributed by atoms with E-state index in [1.807, 2.05) is 13.1 Å². The van der Waals surface area contributed by atoms with E-state index < -0.39 is 0 Å². The number of nitrogens with one attached hydrogen (secondary N) is 1. The highest BCUT2D eigenvalue weighted by molar-refractivity contribution is 4.99. The fourth-order valence-electron chi connectivity index (χ4n) is 1.95. The molecule has 1 rings (SSSR count). The van der Waals surface area contributed by atoms with Crippen molar-refractivity contribution in [3.8, 4) is 0 Å². The maximum atomic E-state index is 11.5. The number of hydrogen-bond acceptors (Lipinski definition) is 3. The minimum Gasteiger partial charge on any atom is -0.314 e. The molecule has 1 heterocycles. The fourth-order valence-corrected chi connectivity index (χ4v) is 1.95. The minimum atomic E-state index is -0.141. The smallest absolute Gasteiger partial charge is 0.314 e. The maximum absolute atomic E-state index is 11.5. The van der Waals surface area contributed by atoms with Gasteiger partial charge in [0.05, 0.1) is 0 Å². The highest BCUT2D eigenvalue weighted by Gasteiger charge is 2.01. The first-order valence-corrected chi connectivity index (χ1v) is 6.90. The zero-order chi connectivity index (χ0) is 13.4. The highest BCUT2D eigenvalue weighted by Crippen LogP contribution is 2.02. The Labute approximate surface area is 109 Å². The van der Waals surface area contributed by atoms with Crippen LogP contribution < -0.4 is 11.0 Å². The lowest BCUT2D eigenvalue weighted by molar-refractivity contribution is 0.471. The Balaban J connectivity index is 2.25. The molecule has 1 N–H and O–H groups in total. The average molecular weight is 251 g/mol. The number of hydrogen-bond donors (Lipinski definition) is 1. The van der Waals surface area contributed by atoms with Crippen molar-refractivity contribution in [1.29, 1.82) is 0 Å². The van der Waals surface area contributed by atoms with Crippen molar-refractivity contribution in [1.82, 2.24) is 14.9 Å². The van der Waals surface area contributed by atoms with E-state index in [9.17, 15) is 4.79 Å². The highest BCUT2D eigenvalue weighted by atomic mass is 16.1. The maximum Gasteiger partial charge on any atom is 0.347 e. The van der Waals surface area contributed by atoms with Gasteiger partial charge in [0.15, 0.2) is 0 Å². The van der Waals surface area contributed by atoms with Crippen LogP contribution in [0.3, 0.4) is 0 Å². The number of rotatable bonds is 8. The largest absolute Gasteiger partial charge is 0.347 e. The third-order valence-electron chi connectivity index (χ3n) is 3.01. The van der Waals surface area contributed by atoms with Gasteiger partial charge in [-0.15, -0.1) is 0 Å². The van der Waals surface area contributed by atoms with Gasteiger partial charge in [0.1, 0.15) is 0 Å². The van der Waals surface area contributed by atoms with Crippen molar-refractivity contribution in [2.45, 2.75) is 59.0 Å². The van der Waals surface area contributed by atoms with E-state index in [2.05, 4.69) is 24.1 Å². The van der Waals surface area contributed by atoms with Gasteiger partial charge < -0.3 is 5.32 Å². The first-order valence-electron chi connectivity index (χ1n) is 6.90. The normalized spacial score (nSPS) is 12.6. The summed E-state index contributed by atoms with van der Waals surface area (Å²) in [6, 6.07) is 0.567. The molecule has 0 aromatic carbocycles. The van der Waals surface area contributed by atoms with Crippen LogP contribution in [0.4, 0.5) is 0 Å². The number of aryl methyl sites for hydroxylation is 2. The second-order valence-electron chi connectivity index (χ2n) is 4.96. The Hall–Kier alpha value is -1.16. The molecule has 0 saturated heterocycles. The van der Waals surface area contributed by atoms with Crippen molar-refractivity contribution < 1.29 is 0 Å². The Morgan fingerprint density at radius 3 is 2.94 bits per heavy atom. The summed E-state index contributed by atoms with van der Waals surface area (Å²) in [5, 5.41) is 3.47. The van der Waals surface area contributed by atoms with Crippen LogP contribution in [0, 0.1) is 6.92 Å². The molecule has 0 spiro atoms. The summed E-state index contributed by atoms with van der Waals surface area (Å²) in [5.41, 5.74) is 0.894. The van der Waals surface area contributed by atoms with Crippen LogP contribution in [-0.4, -0.2) is 22.1 Å². The molecule has 1 atom stereocenters. The lowest BCUT2D eigenvalue weighted by Crippen LogP contribution is -2.27. The monoisotopic (exact) mass is 251 g/mol. The summed E-state index contributed by atoms with van der Waals surface area (Å²) in [7, 11) is 0. The molecule has 0 saturated carbocycles. The lowest BCUT2D eigenvalue weighted by Gasteiger charge is -2.13. The van der Waals surface area contributed by atoms with Gasteiger partial charge in [-0.05, 0) is 45.2 Å². The van der Waals surface area contributed by atoms with Gasteiger partial charge in [0.25, 0.3) is 0 Å². The van der Waals surface area contributed by atoms with Gasteiger partial charge in [-0.1, -0.05) is 13.3 Å². The number of unbranched alkanes of at least 4 members (excludes halogenated alkanes) is 1. The summed E-state index contributed by atoms with van der Waals surface area (Å²) in [4.78, 5) is 15.3. The van der Waals surface area contributed by atoms with Crippen molar-refractivity contribution in [3.63, 3.8) is 0 Å². The summed E-state index contributed by atoms with van der Waals surface area (Å²) >= 11 is 0. The predicted molar refractivity (Wildman–Crippen MR) is 74.8 cm³/mol. The third-order valence-corrected chi connectivity index (χ3v) is 3.01. The van der Waals surface area contributed by atoms with Gasteiger partial charge in [-0.25, -0.2) is 9.78 Å². The molecule has 0 aliphatic heterocycles. The minimum absolute atomic E-state index is 0.141. The molecule has 0 bridgehead atoms. The zero-order valence-electron chi connectivity index (χ0n) is 11.8. The molecule has 1 aromatic rings. The third kappa shape index (κ3) is 5.45. The van der Waals surface area contributed by atoms with Crippen LogP contribution in [-0.2, 0) is 6.54 Å².